The van der Waals surface area contributed by atoms with Gasteiger partial charge in [0.1, 0.15) is 5.56 Å². The molecule has 6 nitrogen and oxygen atoms in total. The van der Waals surface area contributed by atoms with Gasteiger partial charge >= 0.3 is 0 Å². The van der Waals surface area contributed by atoms with Crippen molar-refractivity contribution in [3.63, 3.8) is 0 Å². The van der Waals surface area contributed by atoms with Crippen LogP contribution < -0.4 is 5.43 Å². The summed E-state index contributed by atoms with van der Waals surface area (Å²) in [6, 6.07) is 5.82. The van der Waals surface area contributed by atoms with Crippen molar-refractivity contribution in [2.45, 2.75) is 39.5 Å². The fourth-order valence-corrected chi connectivity index (χ4v) is 1.72. The lowest BCUT2D eigenvalue weighted by atomic mass is 10.1. The van der Waals surface area contributed by atoms with Crippen molar-refractivity contribution in [3.8, 4) is 0 Å². The average molecular weight is 277 g/mol. The molecule has 1 rings (SSSR count). The minimum atomic E-state index is -0.577. The van der Waals surface area contributed by atoms with Crippen molar-refractivity contribution in [2.24, 2.45) is 5.10 Å². The summed E-state index contributed by atoms with van der Waals surface area (Å²) in [5.74, 6) is -0.563. The molecule has 0 aliphatic rings. The monoisotopic (exact) mass is 277 g/mol. The molecule has 0 spiro atoms. The van der Waals surface area contributed by atoms with Gasteiger partial charge in [-0.3, -0.25) is 14.9 Å². The number of benzene rings is 1. The quantitative estimate of drug-likeness (QED) is 0.359. The van der Waals surface area contributed by atoms with Crippen LogP contribution in [0.2, 0.25) is 0 Å². The smallest absolute Gasteiger partial charge is 0.267 e. The van der Waals surface area contributed by atoms with E-state index < -0.39 is 10.8 Å². The number of amides is 1. The molecule has 0 aromatic heterocycles. The van der Waals surface area contributed by atoms with Gasteiger partial charge < -0.3 is 0 Å². The summed E-state index contributed by atoms with van der Waals surface area (Å²) in [4.78, 5) is 22.1. The first-order valence-electron chi connectivity index (χ1n) is 6.63. The van der Waals surface area contributed by atoms with Crippen molar-refractivity contribution in [3.05, 3.63) is 39.9 Å². The summed E-state index contributed by atoms with van der Waals surface area (Å²) in [5, 5.41) is 14.8. The van der Waals surface area contributed by atoms with Crippen molar-refractivity contribution in [1.82, 2.24) is 5.43 Å². The van der Waals surface area contributed by atoms with Gasteiger partial charge in [0, 0.05) is 11.8 Å². The van der Waals surface area contributed by atoms with Gasteiger partial charge in [0.05, 0.1) is 4.92 Å². The highest BCUT2D eigenvalue weighted by molar-refractivity contribution is 5.98. The second-order valence-corrected chi connectivity index (χ2v) is 4.52. The molecule has 0 fully saturated rings. The third kappa shape index (κ3) is 4.79. The van der Waals surface area contributed by atoms with Gasteiger partial charge in [0.15, 0.2) is 0 Å². The molecule has 6 heteroatoms. The third-order valence-electron chi connectivity index (χ3n) is 2.84. The molecule has 0 aliphatic heterocycles. The predicted octanol–water partition coefficient (Wildman–Crippen LogP) is 3.28. The second kappa shape index (κ2) is 8.04. The van der Waals surface area contributed by atoms with E-state index in [9.17, 15) is 14.9 Å². The number of hydrazone groups is 1. The van der Waals surface area contributed by atoms with Crippen LogP contribution in [-0.4, -0.2) is 16.5 Å². The van der Waals surface area contributed by atoms with Crippen molar-refractivity contribution >= 4 is 17.3 Å². The number of hydrogen-bond acceptors (Lipinski definition) is 4. The van der Waals surface area contributed by atoms with Gasteiger partial charge in [-0.15, -0.1) is 0 Å². The van der Waals surface area contributed by atoms with Crippen LogP contribution in [0.25, 0.3) is 0 Å². The zero-order chi connectivity index (χ0) is 15.0. The summed E-state index contributed by atoms with van der Waals surface area (Å²) in [7, 11) is 0. The Labute approximate surface area is 118 Å². The van der Waals surface area contributed by atoms with E-state index in [2.05, 4.69) is 17.5 Å². The standard InChI is InChI=1S/C14H19N3O3/c1-3-4-5-8-11(2)15-16-14(18)12-9-6-7-10-13(12)17(19)20/h6-7,9-10H,3-5,8H2,1-2H3,(H,16,18)/b15-11+. The normalized spacial score (nSPS) is 11.2. The topological polar surface area (TPSA) is 84.6 Å². The molecule has 0 saturated carbocycles. The predicted molar refractivity (Wildman–Crippen MR) is 77.8 cm³/mol. The van der Waals surface area contributed by atoms with Gasteiger partial charge in [-0.2, -0.15) is 5.10 Å². The number of nitrogens with zero attached hydrogens (tertiary/aromatic N) is 2. The van der Waals surface area contributed by atoms with Gasteiger partial charge in [-0.1, -0.05) is 31.9 Å². The number of rotatable bonds is 7. The fourth-order valence-electron chi connectivity index (χ4n) is 1.72. The number of nitrogens with one attached hydrogen (secondary N) is 1. The summed E-state index contributed by atoms with van der Waals surface area (Å²) in [5.41, 5.74) is 2.97. The Balaban J connectivity index is 2.68. The van der Waals surface area contributed by atoms with Crippen LogP contribution in [0.15, 0.2) is 29.4 Å². The van der Waals surface area contributed by atoms with Crippen LogP contribution in [0.1, 0.15) is 49.9 Å². The maximum atomic E-state index is 11.9. The van der Waals surface area contributed by atoms with E-state index in [0.717, 1.165) is 31.4 Å². The lowest BCUT2D eigenvalue weighted by molar-refractivity contribution is -0.385. The zero-order valence-corrected chi connectivity index (χ0v) is 11.8. The number of hydrogen-bond donors (Lipinski definition) is 1. The van der Waals surface area contributed by atoms with Crippen LogP contribution in [-0.2, 0) is 0 Å². The van der Waals surface area contributed by atoms with Crippen LogP contribution in [0.3, 0.4) is 0 Å². The Kier molecular flexibility index (Phi) is 6.36. The molecule has 0 heterocycles. The van der Waals surface area contributed by atoms with Crippen molar-refractivity contribution in [1.29, 1.82) is 0 Å². The maximum Gasteiger partial charge on any atom is 0.282 e. The second-order valence-electron chi connectivity index (χ2n) is 4.52. The number of nitro groups is 1. The molecule has 1 aromatic rings. The van der Waals surface area contributed by atoms with E-state index in [1.54, 1.807) is 6.07 Å². The van der Waals surface area contributed by atoms with Gasteiger partial charge in [0.2, 0.25) is 0 Å². The van der Waals surface area contributed by atoms with E-state index in [0.29, 0.717) is 0 Å². The highest BCUT2D eigenvalue weighted by Gasteiger charge is 2.18. The van der Waals surface area contributed by atoms with Crippen molar-refractivity contribution in [2.75, 3.05) is 0 Å². The molecule has 0 unspecified atom stereocenters. The highest BCUT2D eigenvalue weighted by atomic mass is 16.6. The molecule has 0 bridgehead atoms. The molecular formula is C14H19N3O3. The molecule has 0 atom stereocenters. The summed E-state index contributed by atoms with van der Waals surface area (Å²) in [6.07, 6.45) is 4.07. The average Bonchev–Trinajstić information content (AvgIpc) is 2.45. The van der Waals surface area contributed by atoms with E-state index in [-0.39, 0.29) is 11.3 Å². The van der Waals surface area contributed by atoms with Crippen LogP contribution in [0, 0.1) is 10.1 Å². The molecular weight excluding hydrogens is 258 g/mol. The summed E-state index contributed by atoms with van der Waals surface area (Å²) in [6.45, 7) is 3.94. The molecule has 1 amide bonds. The minimum absolute atomic E-state index is 0.0163. The van der Waals surface area contributed by atoms with Crippen LogP contribution in [0.4, 0.5) is 5.69 Å². The zero-order valence-electron chi connectivity index (χ0n) is 11.8. The first-order valence-corrected chi connectivity index (χ1v) is 6.63. The first-order chi connectivity index (χ1) is 9.56. The minimum Gasteiger partial charge on any atom is -0.267 e. The Morgan fingerprint density at radius 3 is 2.70 bits per heavy atom. The van der Waals surface area contributed by atoms with Crippen LogP contribution in [0.5, 0.6) is 0 Å². The molecule has 20 heavy (non-hydrogen) atoms. The van der Waals surface area contributed by atoms with E-state index >= 15 is 0 Å². The Hall–Kier alpha value is -2.24. The van der Waals surface area contributed by atoms with Crippen molar-refractivity contribution < 1.29 is 9.72 Å². The summed E-state index contributed by atoms with van der Waals surface area (Å²) < 4.78 is 0. The lowest BCUT2D eigenvalue weighted by Gasteiger charge is -2.03. The third-order valence-corrected chi connectivity index (χ3v) is 2.84. The molecule has 0 radical (unpaired) electrons. The van der Waals surface area contributed by atoms with Gasteiger partial charge in [0.25, 0.3) is 11.6 Å². The summed E-state index contributed by atoms with van der Waals surface area (Å²) >= 11 is 0. The lowest BCUT2D eigenvalue weighted by Crippen LogP contribution is -2.20. The number of carbonyl (C=O) groups excluding carboxylic acids is 1. The number of carbonyl (C=O) groups is 1. The molecule has 0 saturated heterocycles. The highest BCUT2D eigenvalue weighted by Crippen LogP contribution is 2.17. The SMILES string of the molecule is CCCCC/C(C)=N/NC(=O)c1ccccc1[N+](=O)[O-]. The maximum absolute atomic E-state index is 11.9. The van der Waals surface area contributed by atoms with E-state index in [4.69, 9.17) is 0 Å². The number of para-hydroxylation sites is 1. The first kappa shape index (κ1) is 15.8. The Bertz CT molecular complexity index is 512. The van der Waals surface area contributed by atoms with Crippen LogP contribution >= 0.6 is 0 Å². The molecule has 1 aromatic carbocycles. The molecule has 0 aliphatic carbocycles. The van der Waals surface area contributed by atoms with E-state index in [1.165, 1.54) is 18.2 Å². The largest absolute Gasteiger partial charge is 0.282 e. The van der Waals surface area contributed by atoms with E-state index in [1.807, 2.05) is 6.92 Å². The molecule has 1 N–H and O–H groups in total. The van der Waals surface area contributed by atoms with Gasteiger partial charge in [-0.25, -0.2) is 5.43 Å². The number of nitro benzene ring substituents is 1. The number of unbranched alkanes of at least 4 members (excludes halogenated alkanes) is 2. The molecule has 108 valence electrons. The Morgan fingerprint density at radius 2 is 2.05 bits per heavy atom. The van der Waals surface area contributed by atoms with Gasteiger partial charge in [-0.05, 0) is 25.8 Å². The fraction of sp³-hybridized carbons (Fsp3) is 0.429. The Morgan fingerprint density at radius 1 is 1.35 bits per heavy atom.